The summed E-state index contributed by atoms with van der Waals surface area (Å²) in [5.41, 5.74) is 6.15. The van der Waals surface area contributed by atoms with Crippen LogP contribution in [0.1, 0.15) is 45.9 Å². The van der Waals surface area contributed by atoms with Gasteiger partial charge in [-0.3, -0.25) is 0 Å². The lowest BCUT2D eigenvalue weighted by Gasteiger charge is -2.49. The number of nitrogens with two attached hydrogens (primary N) is 1. The highest BCUT2D eigenvalue weighted by Crippen LogP contribution is 2.37. The highest BCUT2D eigenvalue weighted by Gasteiger charge is 2.40. The quantitative estimate of drug-likeness (QED) is 0.922. The normalized spacial score (nSPS) is 17.7. The van der Waals surface area contributed by atoms with Crippen molar-refractivity contribution in [3.05, 3.63) is 11.9 Å². The van der Waals surface area contributed by atoms with E-state index >= 15 is 0 Å². The van der Waals surface area contributed by atoms with Crippen molar-refractivity contribution in [2.24, 2.45) is 0 Å². The van der Waals surface area contributed by atoms with E-state index in [-0.39, 0.29) is 11.0 Å². The van der Waals surface area contributed by atoms with Gasteiger partial charge in [0.25, 0.3) is 0 Å². The molecule has 1 aromatic rings. The van der Waals surface area contributed by atoms with Gasteiger partial charge >= 0.3 is 0 Å². The molecule has 5 nitrogen and oxygen atoms in total. The van der Waals surface area contributed by atoms with E-state index in [1.54, 1.807) is 0 Å². The van der Waals surface area contributed by atoms with Gasteiger partial charge in [-0.25, -0.2) is 9.97 Å². The van der Waals surface area contributed by atoms with Crippen LogP contribution in [0.15, 0.2) is 6.07 Å². The first-order valence-corrected chi connectivity index (χ1v) is 7.68. The molecule has 2 N–H and O–H groups in total. The fourth-order valence-electron chi connectivity index (χ4n) is 2.84. The van der Waals surface area contributed by atoms with Gasteiger partial charge in [0, 0.05) is 30.6 Å². The molecule has 2 rings (SSSR count). The van der Waals surface area contributed by atoms with E-state index in [1.165, 1.54) is 19.3 Å². The van der Waals surface area contributed by atoms with Crippen LogP contribution in [-0.4, -0.2) is 48.1 Å². The van der Waals surface area contributed by atoms with Crippen LogP contribution in [0.5, 0.6) is 0 Å². The number of anilines is 2. The molecule has 5 heteroatoms. The summed E-state index contributed by atoms with van der Waals surface area (Å²) in [4.78, 5) is 13.7. The van der Waals surface area contributed by atoms with E-state index in [1.807, 2.05) is 6.07 Å². The predicted molar refractivity (Wildman–Crippen MR) is 88.7 cm³/mol. The van der Waals surface area contributed by atoms with Gasteiger partial charge in [-0.15, -0.1) is 0 Å². The van der Waals surface area contributed by atoms with E-state index in [0.717, 1.165) is 18.2 Å². The maximum absolute atomic E-state index is 5.98. The number of hydrogen-bond donors (Lipinski definition) is 1. The standard InChI is InChI=1S/C16H29N5/c1-15(2,3)14-18-12(17)10-13(19-14)21(6)11-16(20(4)5)8-7-9-16/h10H,7-9,11H2,1-6H3,(H2,17,18,19). The molecule has 1 aliphatic carbocycles. The Hall–Kier alpha value is -1.36. The Labute approximate surface area is 128 Å². The molecule has 0 spiro atoms. The third kappa shape index (κ3) is 3.28. The molecule has 0 unspecified atom stereocenters. The molecule has 118 valence electrons. The van der Waals surface area contributed by atoms with Gasteiger partial charge in [-0.1, -0.05) is 20.8 Å². The molecule has 0 amide bonds. The maximum Gasteiger partial charge on any atom is 0.138 e. The van der Waals surface area contributed by atoms with Crippen LogP contribution in [0.3, 0.4) is 0 Å². The lowest BCUT2D eigenvalue weighted by Crippen LogP contribution is -2.56. The average molecular weight is 291 g/mol. The molecule has 0 bridgehead atoms. The molecule has 0 aromatic carbocycles. The number of aromatic nitrogens is 2. The molecule has 1 aromatic heterocycles. The number of likely N-dealkylation sites (N-methyl/N-ethyl adjacent to an activating group) is 2. The Bertz CT molecular complexity index is 500. The molecule has 21 heavy (non-hydrogen) atoms. The van der Waals surface area contributed by atoms with Crippen LogP contribution in [0, 0.1) is 0 Å². The highest BCUT2D eigenvalue weighted by molar-refractivity contribution is 5.47. The van der Waals surface area contributed by atoms with Gasteiger partial charge < -0.3 is 15.5 Å². The van der Waals surface area contributed by atoms with Crippen molar-refractivity contribution in [1.29, 1.82) is 0 Å². The summed E-state index contributed by atoms with van der Waals surface area (Å²) in [6.45, 7) is 7.30. The number of nitrogen functional groups attached to an aromatic ring is 1. The summed E-state index contributed by atoms with van der Waals surface area (Å²) >= 11 is 0. The van der Waals surface area contributed by atoms with E-state index in [2.05, 4.69) is 56.7 Å². The zero-order valence-electron chi connectivity index (χ0n) is 14.3. The minimum absolute atomic E-state index is 0.0966. The second-order valence-corrected chi connectivity index (χ2v) is 7.55. The Morgan fingerprint density at radius 2 is 1.81 bits per heavy atom. The fourth-order valence-corrected chi connectivity index (χ4v) is 2.84. The van der Waals surface area contributed by atoms with Gasteiger partial charge in [0.2, 0.25) is 0 Å². The molecular formula is C16H29N5. The molecular weight excluding hydrogens is 262 g/mol. The molecule has 0 atom stereocenters. The van der Waals surface area contributed by atoms with Gasteiger partial charge in [0.05, 0.1) is 0 Å². The van der Waals surface area contributed by atoms with E-state index < -0.39 is 0 Å². The molecule has 1 fully saturated rings. The first-order chi connectivity index (χ1) is 9.64. The van der Waals surface area contributed by atoms with Crippen LogP contribution < -0.4 is 10.6 Å². The number of rotatable bonds is 4. The van der Waals surface area contributed by atoms with Crippen molar-refractivity contribution in [2.45, 2.75) is 51.0 Å². The molecule has 1 aliphatic rings. The molecule has 1 heterocycles. The van der Waals surface area contributed by atoms with Crippen molar-refractivity contribution in [3.63, 3.8) is 0 Å². The largest absolute Gasteiger partial charge is 0.384 e. The Kier molecular flexibility index (Phi) is 4.15. The van der Waals surface area contributed by atoms with Gasteiger partial charge in [0.1, 0.15) is 17.5 Å². The summed E-state index contributed by atoms with van der Waals surface area (Å²) in [6, 6.07) is 1.87. The Morgan fingerprint density at radius 1 is 1.19 bits per heavy atom. The van der Waals surface area contributed by atoms with Crippen LogP contribution in [0.2, 0.25) is 0 Å². The van der Waals surface area contributed by atoms with Crippen LogP contribution in [0.25, 0.3) is 0 Å². The molecule has 0 saturated heterocycles. The topological polar surface area (TPSA) is 58.3 Å². The van der Waals surface area contributed by atoms with Crippen LogP contribution >= 0.6 is 0 Å². The minimum Gasteiger partial charge on any atom is -0.384 e. The first kappa shape index (κ1) is 16.0. The van der Waals surface area contributed by atoms with Gasteiger partial charge in [-0.2, -0.15) is 0 Å². The van der Waals surface area contributed by atoms with Crippen molar-refractivity contribution in [2.75, 3.05) is 38.3 Å². The predicted octanol–water partition coefficient (Wildman–Crippen LogP) is 2.28. The second kappa shape index (κ2) is 5.44. The van der Waals surface area contributed by atoms with Crippen LogP contribution in [0.4, 0.5) is 11.6 Å². The number of nitrogens with zero attached hydrogens (tertiary/aromatic N) is 4. The first-order valence-electron chi connectivity index (χ1n) is 7.68. The van der Waals surface area contributed by atoms with Crippen molar-refractivity contribution in [1.82, 2.24) is 14.9 Å². The summed E-state index contributed by atoms with van der Waals surface area (Å²) in [5, 5.41) is 0. The van der Waals surface area contributed by atoms with Crippen molar-refractivity contribution < 1.29 is 0 Å². The summed E-state index contributed by atoms with van der Waals surface area (Å²) < 4.78 is 0. The zero-order valence-corrected chi connectivity index (χ0v) is 14.3. The molecule has 0 aliphatic heterocycles. The fraction of sp³-hybridized carbons (Fsp3) is 0.750. The van der Waals surface area contributed by atoms with Crippen molar-refractivity contribution in [3.8, 4) is 0 Å². The summed E-state index contributed by atoms with van der Waals surface area (Å²) in [5.74, 6) is 2.27. The lowest BCUT2D eigenvalue weighted by atomic mass is 9.75. The summed E-state index contributed by atoms with van der Waals surface area (Å²) in [6.07, 6.45) is 3.80. The zero-order chi connectivity index (χ0) is 15.8. The second-order valence-electron chi connectivity index (χ2n) is 7.55. The van der Waals surface area contributed by atoms with E-state index in [4.69, 9.17) is 10.7 Å². The number of hydrogen-bond acceptors (Lipinski definition) is 5. The Morgan fingerprint density at radius 3 is 2.24 bits per heavy atom. The molecule has 0 radical (unpaired) electrons. The Balaban J connectivity index is 2.23. The van der Waals surface area contributed by atoms with Crippen LogP contribution in [-0.2, 0) is 5.41 Å². The maximum atomic E-state index is 5.98. The third-order valence-corrected chi connectivity index (χ3v) is 4.56. The highest BCUT2D eigenvalue weighted by atomic mass is 15.3. The molecule has 1 saturated carbocycles. The van der Waals surface area contributed by atoms with E-state index in [9.17, 15) is 0 Å². The van der Waals surface area contributed by atoms with Crippen molar-refractivity contribution >= 4 is 11.6 Å². The smallest absolute Gasteiger partial charge is 0.138 e. The average Bonchev–Trinajstić information content (AvgIpc) is 2.31. The SMILES string of the molecule is CN(CC1(N(C)C)CCC1)c1cc(N)nc(C(C)(C)C)n1. The lowest BCUT2D eigenvalue weighted by molar-refractivity contribution is 0.0681. The van der Waals surface area contributed by atoms with Gasteiger partial charge in [-0.05, 0) is 33.4 Å². The summed E-state index contributed by atoms with van der Waals surface area (Å²) in [7, 11) is 6.43. The minimum atomic E-state index is -0.0966. The third-order valence-electron chi connectivity index (χ3n) is 4.56. The van der Waals surface area contributed by atoms with Gasteiger partial charge in [0.15, 0.2) is 0 Å². The van der Waals surface area contributed by atoms with E-state index in [0.29, 0.717) is 5.82 Å². The monoisotopic (exact) mass is 291 g/mol.